The molecule has 0 aliphatic heterocycles. The van der Waals surface area contributed by atoms with Crippen molar-refractivity contribution in [2.45, 2.75) is 25.3 Å². The molecule has 0 aromatic carbocycles. The molecular weight excluding hydrogens is 295 g/mol. The van der Waals surface area contributed by atoms with Crippen LogP contribution >= 0.6 is 8.18 Å². The first-order valence-electron chi connectivity index (χ1n) is 6.55. The minimum atomic E-state index is -2.42. The number of anilines is 1. The van der Waals surface area contributed by atoms with Crippen molar-refractivity contribution >= 4 is 25.2 Å². The summed E-state index contributed by atoms with van der Waals surface area (Å²) in [4.78, 5) is 24.8. The van der Waals surface area contributed by atoms with Crippen LogP contribution in [0.15, 0.2) is 17.6 Å². The van der Waals surface area contributed by atoms with Gasteiger partial charge in [-0.1, -0.05) is 4.91 Å². The molecule has 2 aromatic rings. The van der Waals surface area contributed by atoms with Crippen molar-refractivity contribution in [3.8, 4) is 0 Å². The number of rotatable bonds is 5. The van der Waals surface area contributed by atoms with Crippen LogP contribution in [0.25, 0.3) is 11.2 Å². The lowest BCUT2D eigenvalue weighted by Gasteiger charge is -2.12. The predicted octanol–water partition coefficient (Wildman–Crippen LogP) is 2.19. The highest BCUT2D eigenvalue weighted by molar-refractivity contribution is 7.37. The molecule has 1 fully saturated rings. The third-order valence-corrected chi connectivity index (χ3v) is 4.28. The van der Waals surface area contributed by atoms with Crippen LogP contribution in [0, 0.1) is 10.8 Å². The van der Waals surface area contributed by atoms with Crippen LogP contribution in [0.5, 0.6) is 0 Å². The Labute approximate surface area is 120 Å². The first-order chi connectivity index (χ1) is 10.2. The van der Waals surface area contributed by atoms with Crippen molar-refractivity contribution in [1.29, 1.82) is 0 Å². The Bertz CT molecular complexity index is 690. The minimum absolute atomic E-state index is 0.236. The lowest BCUT2D eigenvalue weighted by molar-refractivity contribution is 0.259. The van der Waals surface area contributed by atoms with E-state index in [1.54, 1.807) is 6.33 Å². The van der Waals surface area contributed by atoms with Crippen molar-refractivity contribution < 1.29 is 9.09 Å². The summed E-state index contributed by atoms with van der Waals surface area (Å²) < 4.78 is 17.8. The zero-order valence-electron chi connectivity index (χ0n) is 11.1. The van der Waals surface area contributed by atoms with Crippen LogP contribution in [0.2, 0.25) is 0 Å². The molecule has 0 spiro atoms. The average Bonchev–Trinajstić information content (AvgIpc) is 3.11. The van der Waals surface area contributed by atoms with E-state index in [1.165, 1.54) is 6.33 Å². The maximum absolute atomic E-state index is 10.9. The monoisotopic (exact) mass is 309 g/mol. The fourth-order valence-corrected chi connectivity index (χ4v) is 3.17. The molecule has 0 bridgehead atoms. The molecule has 0 saturated heterocycles. The van der Waals surface area contributed by atoms with E-state index in [2.05, 4.69) is 19.9 Å². The Balaban J connectivity index is 1.72. The molecular formula is C11H14N6O3P+. The molecule has 0 radical (unpaired) electrons. The normalized spacial score (nSPS) is 22.6. The molecule has 1 aliphatic carbocycles. The summed E-state index contributed by atoms with van der Waals surface area (Å²) in [5, 5.41) is 0. The summed E-state index contributed by atoms with van der Waals surface area (Å²) in [5.41, 5.74) is 7.09. The fraction of sp³-hybridized carbons (Fsp3) is 0.545. The van der Waals surface area contributed by atoms with Gasteiger partial charge in [-0.05, 0) is 25.2 Å². The standard InChI is InChI=1S/C11H14N6O3P/c12-10-9-11(14-5-13-10)17(6-15-9)8-2-1-7(3-8)4-20-21(19)16-18/h5-8H,1-4H2,(H2,12,13,14)/q+1/t7-,8+/m1/s1. The Morgan fingerprint density at radius 1 is 1.43 bits per heavy atom. The molecule has 2 aromatic heterocycles. The Morgan fingerprint density at radius 3 is 3.10 bits per heavy atom. The first kappa shape index (κ1) is 14.0. The van der Waals surface area contributed by atoms with E-state index in [0.29, 0.717) is 11.3 Å². The fourth-order valence-electron chi connectivity index (χ4n) is 2.78. The zero-order chi connectivity index (χ0) is 14.8. The summed E-state index contributed by atoms with van der Waals surface area (Å²) in [6.45, 7) is 0.279. The van der Waals surface area contributed by atoms with Gasteiger partial charge < -0.3 is 10.3 Å². The van der Waals surface area contributed by atoms with Gasteiger partial charge in [-0.15, -0.1) is 4.52 Å². The van der Waals surface area contributed by atoms with Crippen LogP contribution in [-0.2, 0) is 9.09 Å². The SMILES string of the molecule is Nc1ncnc2c1ncn2[C@H]1CC[C@@H](CO[P+](=O)N=O)C1. The summed E-state index contributed by atoms with van der Waals surface area (Å²) in [7, 11) is -2.42. The smallest absolute Gasteiger partial charge is 0.382 e. The van der Waals surface area contributed by atoms with Crippen molar-refractivity contribution in [3.05, 3.63) is 17.6 Å². The highest BCUT2D eigenvalue weighted by Gasteiger charge is 2.31. The number of nitroso groups, excluding NO2 is 1. The number of fused-ring (bicyclic) bond motifs is 1. The minimum Gasteiger partial charge on any atom is -0.382 e. The summed E-state index contributed by atoms with van der Waals surface area (Å²) in [6.07, 6.45) is 5.85. The Hall–Kier alpha value is -1.99. The number of hydrogen-bond donors (Lipinski definition) is 1. The van der Waals surface area contributed by atoms with E-state index in [1.807, 2.05) is 4.57 Å². The van der Waals surface area contributed by atoms with Crippen molar-refractivity contribution in [1.82, 2.24) is 19.5 Å². The number of imidazole rings is 1. The molecule has 3 atom stereocenters. The molecule has 3 rings (SSSR count). The van der Waals surface area contributed by atoms with Gasteiger partial charge in [0.15, 0.2) is 11.5 Å². The third kappa shape index (κ3) is 2.74. The van der Waals surface area contributed by atoms with Crippen molar-refractivity contribution in [2.75, 3.05) is 12.3 Å². The number of nitrogens with two attached hydrogens (primary N) is 1. The van der Waals surface area contributed by atoms with Crippen molar-refractivity contribution in [2.24, 2.45) is 10.9 Å². The Morgan fingerprint density at radius 2 is 2.29 bits per heavy atom. The average molecular weight is 309 g/mol. The van der Waals surface area contributed by atoms with E-state index >= 15 is 0 Å². The third-order valence-electron chi connectivity index (χ3n) is 3.78. The van der Waals surface area contributed by atoms with E-state index in [-0.39, 0.29) is 18.6 Å². The van der Waals surface area contributed by atoms with Gasteiger partial charge >= 0.3 is 8.18 Å². The molecule has 1 saturated carbocycles. The van der Waals surface area contributed by atoms with Crippen LogP contribution in [-0.4, -0.2) is 26.1 Å². The molecule has 1 aliphatic rings. The highest BCUT2D eigenvalue weighted by atomic mass is 31.1. The van der Waals surface area contributed by atoms with Gasteiger partial charge in [-0.3, -0.25) is 0 Å². The van der Waals surface area contributed by atoms with Gasteiger partial charge in [0.25, 0.3) is 0 Å². The van der Waals surface area contributed by atoms with Gasteiger partial charge in [-0.25, -0.2) is 15.0 Å². The summed E-state index contributed by atoms with van der Waals surface area (Å²) in [5.74, 6) is 0.609. The Kier molecular flexibility index (Phi) is 3.85. The van der Waals surface area contributed by atoms with Crippen molar-refractivity contribution in [3.63, 3.8) is 0 Å². The van der Waals surface area contributed by atoms with Crippen LogP contribution < -0.4 is 5.73 Å². The van der Waals surface area contributed by atoms with E-state index < -0.39 is 8.18 Å². The predicted molar refractivity (Wildman–Crippen MR) is 75.5 cm³/mol. The molecule has 0 amide bonds. The first-order valence-corrected chi connectivity index (χ1v) is 7.68. The second-order valence-corrected chi connectivity index (χ2v) is 5.93. The molecule has 2 heterocycles. The largest absolute Gasteiger partial charge is 0.708 e. The van der Waals surface area contributed by atoms with Crippen LogP contribution in [0.1, 0.15) is 25.3 Å². The van der Waals surface area contributed by atoms with Gasteiger partial charge in [0.2, 0.25) is 4.95 Å². The second kappa shape index (κ2) is 5.79. The number of nitrogen functional groups attached to an aromatic ring is 1. The maximum Gasteiger partial charge on any atom is 0.708 e. The van der Waals surface area contributed by atoms with Gasteiger partial charge in [-0.2, -0.15) is 0 Å². The summed E-state index contributed by atoms with van der Waals surface area (Å²) >= 11 is 0. The van der Waals surface area contributed by atoms with E-state index in [9.17, 15) is 9.47 Å². The number of aromatic nitrogens is 4. The van der Waals surface area contributed by atoms with Gasteiger partial charge in [0.05, 0.1) is 6.33 Å². The van der Waals surface area contributed by atoms with E-state index in [4.69, 9.17) is 10.3 Å². The maximum atomic E-state index is 10.9. The zero-order valence-corrected chi connectivity index (χ0v) is 12.0. The quantitative estimate of drug-likeness (QED) is 0.662. The summed E-state index contributed by atoms with van der Waals surface area (Å²) in [6, 6.07) is 0.236. The highest BCUT2D eigenvalue weighted by Crippen LogP contribution is 2.38. The molecule has 10 heteroatoms. The number of hydrogen-bond acceptors (Lipinski definition) is 7. The molecule has 2 N–H and O–H groups in total. The second-order valence-electron chi connectivity index (χ2n) is 5.03. The molecule has 110 valence electrons. The van der Waals surface area contributed by atoms with Gasteiger partial charge in [0.1, 0.15) is 18.5 Å². The van der Waals surface area contributed by atoms with E-state index in [0.717, 1.165) is 24.9 Å². The molecule has 9 nitrogen and oxygen atoms in total. The molecule has 21 heavy (non-hydrogen) atoms. The lowest BCUT2D eigenvalue weighted by atomic mass is 10.1. The topological polar surface area (TPSA) is 125 Å². The van der Waals surface area contributed by atoms with Crippen LogP contribution in [0.4, 0.5) is 5.82 Å². The lowest BCUT2D eigenvalue weighted by Crippen LogP contribution is -2.07. The van der Waals surface area contributed by atoms with Gasteiger partial charge in [0, 0.05) is 10.6 Å². The number of nitrogens with zero attached hydrogens (tertiary/aromatic N) is 5. The van der Waals surface area contributed by atoms with Crippen LogP contribution in [0.3, 0.4) is 0 Å². The molecule has 1 unspecified atom stereocenters.